The Hall–Kier alpha value is -2.38. The van der Waals surface area contributed by atoms with Gasteiger partial charge in [-0.05, 0) is 17.7 Å². The Balaban J connectivity index is 2.47. The van der Waals surface area contributed by atoms with Crippen molar-refractivity contribution in [1.82, 2.24) is 9.97 Å². The quantitative estimate of drug-likeness (QED) is 0.834. The van der Waals surface area contributed by atoms with Crippen LogP contribution in [0.25, 0.3) is 11.1 Å². The fourth-order valence-corrected chi connectivity index (χ4v) is 1.66. The molecule has 20 heavy (non-hydrogen) atoms. The van der Waals surface area contributed by atoms with Crippen LogP contribution in [0.1, 0.15) is 5.82 Å². The summed E-state index contributed by atoms with van der Waals surface area (Å²) in [5, 5.41) is 9.60. The Morgan fingerprint density at radius 3 is 2.30 bits per heavy atom. The van der Waals surface area contributed by atoms with Crippen LogP contribution in [0.2, 0.25) is 0 Å². The second kappa shape index (κ2) is 4.95. The molecule has 1 aromatic carbocycles. The molecule has 8 heteroatoms. The summed E-state index contributed by atoms with van der Waals surface area (Å²) in [6.45, 7) is 0. The molecule has 0 aliphatic carbocycles. The molecule has 0 aliphatic heterocycles. The van der Waals surface area contributed by atoms with Crippen molar-refractivity contribution in [3.8, 4) is 17.0 Å². The molecule has 0 fully saturated rings. The van der Waals surface area contributed by atoms with E-state index in [4.69, 9.17) is 0 Å². The first kappa shape index (κ1) is 14.0. The predicted molar refractivity (Wildman–Crippen MR) is 61.7 cm³/mol. The number of halogens is 4. The Morgan fingerprint density at radius 2 is 1.80 bits per heavy atom. The summed E-state index contributed by atoms with van der Waals surface area (Å²) in [5.74, 6) is -2.07. The number of nitrogens with one attached hydrogen (secondary N) is 1. The lowest BCUT2D eigenvalue weighted by Gasteiger charge is -2.08. The first-order valence-corrected chi connectivity index (χ1v) is 5.41. The molecular formula is C12H8F4N2O2. The first-order valence-electron chi connectivity index (χ1n) is 5.41. The van der Waals surface area contributed by atoms with Gasteiger partial charge in [-0.2, -0.15) is 18.2 Å². The van der Waals surface area contributed by atoms with Gasteiger partial charge in [-0.3, -0.25) is 4.79 Å². The molecule has 4 nitrogen and oxygen atoms in total. The second-order valence-electron chi connectivity index (χ2n) is 4.01. The minimum atomic E-state index is -4.56. The van der Waals surface area contributed by atoms with Crippen molar-refractivity contribution in [3.63, 3.8) is 0 Å². The summed E-state index contributed by atoms with van der Waals surface area (Å²) in [6.07, 6.45) is -6.01. The highest BCUT2D eigenvalue weighted by molar-refractivity contribution is 5.67. The molecule has 0 saturated carbocycles. The number of hydrogen-bond acceptors (Lipinski definition) is 3. The van der Waals surface area contributed by atoms with Crippen molar-refractivity contribution in [1.29, 1.82) is 0 Å². The van der Waals surface area contributed by atoms with Crippen LogP contribution in [-0.4, -0.2) is 21.3 Å². The third-order valence-corrected chi connectivity index (χ3v) is 2.45. The van der Waals surface area contributed by atoms with E-state index in [2.05, 4.69) is 4.98 Å². The molecule has 0 atom stereocenters. The Kier molecular flexibility index (Phi) is 3.47. The van der Waals surface area contributed by atoms with Crippen molar-refractivity contribution < 1.29 is 22.7 Å². The summed E-state index contributed by atoms with van der Waals surface area (Å²) < 4.78 is 49.3. The average Bonchev–Trinajstić information content (AvgIpc) is 2.28. The molecule has 0 radical (unpaired) electrons. The molecule has 1 aromatic heterocycles. The standard InChI is InChI=1S/C12H8F4N2O2/c13-7-3-1-6(2-4-7)9-10(19)17-8(18-11(9)20)5-12(14,15)16/h1-4H,5H2,(H2,17,18,19,20). The van der Waals surface area contributed by atoms with E-state index in [0.717, 1.165) is 12.1 Å². The van der Waals surface area contributed by atoms with Gasteiger partial charge in [0.15, 0.2) is 0 Å². The number of aromatic hydroxyl groups is 1. The van der Waals surface area contributed by atoms with Crippen molar-refractivity contribution in [2.45, 2.75) is 12.6 Å². The number of aromatic amines is 1. The van der Waals surface area contributed by atoms with E-state index in [-0.39, 0.29) is 11.1 Å². The van der Waals surface area contributed by atoms with Gasteiger partial charge in [0.25, 0.3) is 5.56 Å². The van der Waals surface area contributed by atoms with Crippen molar-refractivity contribution >= 4 is 0 Å². The second-order valence-corrected chi connectivity index (χ2v) is 4.01. The van der Waals surface area contributed by atoms with Crippen molar-refractivity contribution in [2.24, 2.45) is 0 Å². The molecule has 2 rings (SSSR count). The number of rotatable bonds is 2. The zero-order valence-corrected chi connectivity index (χ0v) is 9.83. The maximum Gasteiger partial charge on any atom is 0.396 e. The number of benzene rings is 1. The molecule has 0 unspecified atom stereocenters. The predicted octanol–water partition coefficient (Wildman–Crippen LogP) is 2.39. The lowest BCUT2D eigenvalue weighted by atomic mass is 10.1. The molecular weight excluding hydrogens is 280 g/mol. The fourth-order valence-electron chi connectivity index (χ4n) is 1.66. The van der Waals surface area contributed by atoms with Gasteiger partial charge in [0, 0.05) is 0 Å². The Labute approximate surface area is 109 Å². The lowest BCUT2D eigenvalue weighted by molar-refractivity contribution is -0.128. The highest BCUT2D eigenvalue weighted by atomic mass is 19.4. The summed E-state index contributed by atoms with van der Waals surface area (Å²) in [6, 6.07) is 4.53. The molecule has 1 heterocycles. The molecule has 0 aliphatic rings. The van der Waals surface area contributed by atoms with Gasteiger partial charge in [-0.25, -0.2) is 4.39 Å². The fraction of sp³-hybridized carbons (Fsp3) is 0.167. The van der Waals surface area contributed by atoms with Gasteiger partial charge in [0.1, 0.15) is 23.6 Å². The van der Waals surface area contributed by atoms with Gasteiger partial charge in [-0.15, -0.1) is 0 Å². The van der Waals surface area contributed by atoms with Crippen LogP contribution in [0.15, 0.2) is 29.1 Å². The van der Waals surface area contributed by atoms with E-state index in [1.165, 1.54) is 12.1 Å². The van der Waals surface area contributed by atoms with Crippen LogP contribution < -0.4 is 5.56 Å². The first-order chi connectivity index (χ1) is 9.26. The van der Waals surface area contributed by atoms with Crippen LogP contribution in [0.3, 0.4) is 0 Å². The maximum atomic E-state index is 12.8. The van der Waals surface area contributed by atoms with Crippen LogP contribution >= 0.6 is 0 Å². The van der Waals surface area contributed by atoms with Gasteiger partial charge in [0.2, 0.25) is 5.88 Å². The van der Waals surface area contributed by atoms with E-state index in [1.54, 1.807) is 0 Å². The number of H-pyrrole nitrogens is 1. The number of nitrogens with zero attached hydrogens (tertiary/aromatic N) is 1. The third-order valence-electron chi connectivity index (χ3n) is 2.45. The van der Waals surface area contributed by atoms with Crippen LogP contribution in [0.4, 0.5) is 17.6 Å². The van der Waals surface area contributed by atoms with Crippen LogP contribution in [0, 0.1) is 5.82 Å². The Morgan fingerprint density at radius 1 is 1.20 bits per heavy atom. The number of hydrogen-bond donors (Lipinski definition) is 2. The summed E-state index contributed by atoms with van der Waals surface area (Å²) in [4.78, 5) is 17.0. The monoisotopic (exact) mass is 288 g/mol. The third kappa shape index (κ3) is 3.14. The smallest absolute Gasteiger partial charge is 0.396 e. The van der Waals surface area contributed by atoms with E-state index in [1.807, 2.05) is 4.98 Å². The molecule has 0 spiro atoms. The average molecular weight is 288 g/mol. The Bertz CT molecular complexity index is 677. The molecule has 106 valence electrons. The van der Waals surface area contributed by atoms with Gasteiger partial charge < -0.3 is 10.1 Å². The number of alkyl halides is 3. The van der Waals surface area contributed by atoms with Crippen LogP contribution in [-0.2, 0) is 6.42 Å². The largest absolute Gasteiger partial charge is 0.493 e. The summed E-state index contributed by atoms with van der Waals surface area (Å²) in [7, 11) is 0. The normalized spacial score (nSPS) is 11.6. The molecule has 0 saturated heterocycles. The maximum absolute atomic E-state index is 12.8. The minimum Gasteiger partial charge on any atom is -0.493 e. The van der Waals surface area contributed by atoms with E-state index >= 15 is 0 Å². The van der Waals surface area contributed by atoms with E-state index in [0.29, 0.717) is 0 Å². The number of aromatic nitrogens is 2. The van der Waals surface area contributed by atoms with Crippen molar-refractivity contribution in [2.75, 3.05) is 0 Å². The minimum absolute atomic E-state index is 0.149. The van der Waals surface area contributed by atoms with Gasteiger partial charge in [-0.1, -0.05) is 12.1 Å². The van der Waals surface area contributed by atoms with Crippen molar-refractivity contribution in [3.05, 3.63) is 46.3 Å². The molecule has 2 N–H and O–H groups in total. The van der Waals surface area contributed by atoms with Crippen LogP contribution in [0.5, 0.6) is 5.88 Å². The SMILES string of the molecule is O=c1[nH]c(CC(F)(F)F)nc(O)c1-c1ccc(F)cc1. The zero-order chi connectivity index (χ0) is 14.9. The molecule has 0 amide bonds. The van der Waals surface area contributed by atoms with E-state index < -0.39 is 35.7 Å². The van der Waals surface area contributed by atoms with Gasteiger partial charge >= 0.3 is 6.18 Å². The highest BCUT2D eigenvalue weighted by Crippen LogP contribution is 2.25. The molecule has 0 bridgehead atoms. The summed E-state index contributed by atoms with van der Waals surface area (Å²) >= 11 is 0. The van der Waals surface area contributed by atoms with Gasteiger partial charge in [0.05, 0.1) is 0 Å². The topological polar surface area (TPSA) is 66.0 Å². The highest BCUT2D eigenvalue weighted by Gasteiger charge is 2.30. The molecule has 2 aromatic rings. The van der Waals surface area contributed by atoms with E-state index in [9.17, 15) is 27.5 Å². The lowest BCUT2D eigenvalue weighted by Crippen LogP contribution is -2.20. The summed E-state index contributed by atoms with van der Waals surface area (Å²) in [5.41, 5.74) is -1.09. The zero-order valence-electron chi connectivity index (χ0n) is 9.83.